The number of hydrogen-bond donors (Lipinski definition) is 1. The molecule has 9 heteroatoms. The van der Waals surface area contributed by atoms with Gasteiger partial charge in [-0.25, -0.2) is 17.7 Å². The fraction of sp³-hybridized carbons (Fsp3) is 0.333. The number of amides is 1. The summed E-state index contributed by atoms with van der Waals surface area (Å²) < 4.78 is 27.1. The third-order valence-electron chi connectivity index (χ3n) is 4.99. The molecule has 0 radical (unpaired) electrons. The molecule has 160 valence electrons. The first-order valence-corrected chi connectivity index (χ1v) is 12.1. The van der Waals surface area contributed by atoms with Gasteiger partial charge in [0.05, 0.1) is 15.1 Å². The molecule has 7 nitrogen and oxygen atoms in total. The van der Waals surface area contributed by atoms with Crippen molar-refractivity contribution in [2.75, 3.05) is 36.9 Å². The van der Waals surface area contributed by atoms with Crippen molar-refractivity contribution < 1.29 is 13.2 Å². The fourth-order valence-electron chi connectivity index (χ4n) is 3.05. The van der Waals surface area contributed by atoms with Gasteiger partial charge in [0, 0.05) is 37.9 Å². The third kappa shape index (κ3) is 4.48. The van der Waals surface area contributed by atoms with Crippen molar-refractivity contribution >= 4 is 48.3 Å². The number of carbonyl (C=O) groups excluding carboxylic acids is 1. The zero-order valence-electron chi connectivity index (χ0n) is 17.5. The van der Waals surface area contributed by atoms with E-state index < -0.39 is 10.0 Å². The number of rotatable bonds is 8. The Morgan fingerprint density at radius 2 is 1.70 bits per heavy atom. The van der Waals surface area contributed by atoms with Crippen molar-refractivity contribution in [2.45, 2.75) is 25.7 Å². The molecule has 0 saturated carbocycles. The van der Waals surface area contributed by atoms with Crippen LogP contribution in [-0.2, 0) is 10.0 Å². The lowest BCUT2D eigenvalue weighted by molar-refractivity contribution is 0.102. The maximum absolute atomic E-state index is 12.6. The smallest absolute Gasteiger partial charge is 0.257 e. The van der Waals surface area contributed by atoms with E-state index in [0.717, 1.165) is 18.8 Å². The van der Waals surface area contributed by atoms with Crippen LogP contribution in [0.3, 0.4) is 0 Å². The van der Waals surface area contributed by atoms with E-state index in [1.165, 1.54) is 15.6 Å². The molecule has 0 bridgehead atoms. The molecular formula is C21H26N4O3S2. The summed E-state index contributed by atoms with van der Waals surface area (Å²) in [6, 6.07) is 12.3. The Morgan fingerprint density at radius 1 is 1.03 bits per heavy atom. The second-order valence-electron chi connectivity index (χ2n) is 6.74. The van der Waals surface area contributed by atoms with E-state index in [0.29, 0.717) is 27.5 Å². The van der Waals surface area contributed by atoms with Crippen molar-refractivity contribution in [1.82, 2.24) is 9.29 Å². The van der Waals surface area contributed by atoms with Gasteiger partial charge in [-0.3, -0.25) is 10.1 Å². The van der Waals surface area contributed by atoms with Crippen LogP contribution in [0.5, 0.6) is 0 Å². The molecule has 3 aromatic rings. The van der Waals surface area contributed by atoms with Gasteiger partial charge in [-0.2, -0.15) is 0 Å². The molecule has 0 unspecified atom stereocenters. The Bertz CT molecular complexity index is 1140. The Balaban J connectivity index is 1.80. The SMILES string of the molecule is CCN(CC)c1ccc(C(=O)Nc2nc3ccc(S(=O)(=O)N(C)CC)cc3s2)cc1. The molecule has 1 aromatic heterocycles. The highest BCUT2D eigenvalue weighted by Gasteiger charge is 2.20. The largest absolute Gasteiger partial charge is 0.372 e. The van der Waals surface area contributed by atoms with Crippen LogP contribution < -0.4 is 10.2 Å². The van der Waals surface area contributed by atoms with E-state index in [1.54, 1.807) is 44.3 Å². The predicted molar refractivity (Wildman–Crippen MR) is 123 cm³/mol. The van der Waals surface area contributed by atoms with Crippen LogP contribution in [0.4, 0.5) is 10.8 Å². The van der Waals surface area contributed by atoms with E-state index >= 15 is 0 Å². The number of benzene rings is 2. The minimum absolute atomic E-state index is 0.216. The van der Waals surface area contributed by atoms with Crippen LogP contribution in [0.2, 0.25) is 0 Å². The Labute approximate surface area is 181 Å². The third-order valence-corrected chi connectivity index (χ3v) is 7.85. The van der Waals surface area contributed by atoms with Crippen LogP contribution in [0, 0.1) is 0 Å². The van der Waals surface area contributed by atoms with E-state index in [2.05, 4.69) is 29.0 Å². The van der Waals surface area contributed by atoms with E-state index in [9.17, 15) is 13.2 Å². The molecule has 0 aliphatic rings. The molecule has 0 atom stereocenters. The van der Waals surface area contributed by atoms with Crippen molar-refractivity contribution in [3.8, 4) is 0 Å². The van der Waals surface area contributed by atoms with Gasteiger partial charge in [-0.1, -0.05) is 18.3 Å². The summed E-state index contributed by atoms with van der Waals surface area (Å²) in [5.41, 5.74) is 2.26. The second kappa shape index (κ2) is 9.11. The number of aromatic nitrogens is 1. The number of sulfonamides is 1. The minimum Gasteiger partial charge on any atom is -0.372 e. The number of thiazole rings is 1. The second-order valence-corrected chi connectivity index (χ2v) is 9.82. The highest BCUT2D eigenvalue weighted by atomic mass is 32.2. The number of anilines is 2. The van der Waals surface area contributed by atoms with Gasteiger partial charge in [-0.05, 0) is 56.3 Å². The number of fused-ring (bicyclic) bond motifs is 1. The topological polar surface area (TPSA) is 82.6 Å². The highest BCUT2D eigenvalue weighted by molar-refractivity contribution is 7.89. The number of hydrogen-bond acceptors (Lipinski definition) is 6. The minimum atomic E-state index is -3.53. The summed E-state index contributed by atoms with van der Waals surface area (Å²) >= 11 is 1.25. The summed E-state index contributed by atoms with van der Waals surface area (Å²) in [4.78, 5) is 19.4. The number of carbonyl (C=O) groups is 1. The average Bonchev–Trinajstić information content (AvgIpc) is 3.15. The van der Waals surface area contributed by atoms with Gasteiger partial charge >= 0.3 is 0 Å². The van der Waals surface area contributed by atoms with Gasteiger partial charge < -0.3 is 4.90 Å². The van der Waals surface area contributed by atoms with Gasteiger partial charge in [0.1, 0.15) is 0 Å². The fourth-order valence-corrected chi connectivity index (χ4v) is 5.23. The summed E-state index contributed by atoms with van der Waals surface area (Å²) in [5.74, 6) is -0.251. The molecule has 1 N–H and O–H groups in total. The van der Waals surface area contributed by atoms with Crippen LogP contribution >= 0.6 is 11.3 Å². The van der Waals surface area contributed by atoms with Crippen LogP contribution in [0.1, 0.15) is 31.1 Å². The van der Waals surface area contributed by atoms with Gasteiger partial charge in [0.2, 0.25) is 10.0 Å². The quantitative estimate of drug-likeness (QED) is 0.565. The van der Waals surface area contributed by atoms with Gasteiger partial charge in [0.15, 0.2) is 5.13 Å². The normalized spacial score (nSPS) is 11.8. The maximum atomic E-state index is 12.6. The van der Waals surface area contributed by atoms with Crippen molar-refractivity contribution in [3.63, 3.8) is 0 Å². The monoisotopic (exact) mass is 446 g/mol. The summed E-state index contributed by atoms with van der Waals surface area (Å²) in [6.45, 7) is 8.16. The first-order chi connectivity index (χ1) is 14.3. The Hall–Kier alpha value is -2.49. The molecular weight excluding hydrogens is 420 g/mol. The lowest BCUT2D eigenvalue weighted by Gasteiger charge is -2.20. The van der Waals surface area contributed by atoms with Crippen LogP contribution in [0.25, 0.3) is 10.2 Å². The molecule has 1 amide bonds. The molecule has 30 heavy (non-hydrogen) atoms. The summed E-state index contributed by atoms with van der Waals surface area (Å²) in [5, 5.41) is 3.24. The van der Waals surface area contributed by atoms with Crippen molar-refractivity contribution in [2.24, 2.45) is 0 Å². The first kappa shape index (κ1) is 22.2. The van der Waals surface area contributed by atoms with E-state index in [4.69, 9.17) is 0 Å². The van der Waals surface area contributed by atoms with E-state index in [-0.39, 0.29) is 10.8 Å². The number of nitrogens with zero attached hydrogens (tertiary/aromatic N) is 3. The molecule has 0 spiro atoms. The Morgan fingerprint density at radius 3 is 2.30 bits per heavy atom. The van der Waals surface area contributed by atoms with Gasteiger partial charge in [0.25, 0.3) is 5.91 Å². The molecule has 0 saturated heterocycles. The molecule has 2 aromatic carbocycles. The zero-order chi connectivity index (χ0) is 21.9. The molecule has 1 heterocycles. The standard InChI is InChI=1S/C21H26N4O3S2/c1-5-24(4)30(27,28)17-12-13-18-19(14-17)29-21(22-18)23-20(26)15-8-10-16(11-9-15)25(6-2)7-3/h8-14H,5-7H2,1-4H3,(H,22,23,26). The summed E-state index contributed by atoms with van der Waals surface area (Å²) in [7, 11) is -1.99. The van der Waals surface area contributed by atoms with Crippen molar-refractivity contribution in [1.29, 1.82) is 0 Å². The zero-order valence-corrected chi connectivity index (χ0v) is 19.2. The number of nitrogens with one attached hydrogen (secondary N) is 1. The maximum Gasteiger partial charge on any atom is 0.257 e. The first-order valence-electron chi connectivity index (χ1n) is 9.83. The summed E-state index contributed by atoms with van der Waals surface area (Å²) in [6.07, 6.45) is 0. The van der Waals surface area contributed by atoms with Crippen molar-refractivity contribution in [3.05, 3.63) is 48.0 Å². The molecule has 0 aliphatic heterocycles. The lowest BCUT2D eigenvalue weighted by atomic mass is 10.2. The Kier molecular flexibility index (Phi) is 6.74. The molecule has 0 aliphatic carbocycles. The average molecular weight is 447 g/mol. The van der Waals surface area contributed by atoms with Crippen LogP contribution in [-0.4, -0.2) is 50.3 Å². The predicted octanol–water partition coefficient (Wildman–Crippen LogP) is 4.04. The van der Waals surface area contributed by atoms with Crippen LogP contribution in [0.15, 0.2) is 47.4 Å². The lowest BCUT2D eigenvalue weighted by Crippen LogP contribution is -2.26. The molecule has 3 rings (SSSR count). The molecule has 0 fully saturated rings. The highest BCUT2D eigenvalue weighted by Crippen LogP contribution is 2.29. The van der Waals surface area contributed by atoms with E-state index in [1.807, 2.05) is 12.1 Å². The van der Waals surface area contributed by atoms with Gasteiger partial charge in [-0.15, -0.1) is 0 Å².